The number of nitrogens with one attached hydrogen (secondary N) is 1. The maximum atomic E-state index is 12.1. The Bertz CT molecular complexity index is 459. The lowest BCUT2D eigenvalue weighted by Gasteiger charge is -2.25. The van der Waals surface area contributed by atoms with E-state index in [2.05, 4.69) is 12.2 Å². The van der Waals surface area contributed by atoms with Gasteiger partial charge in [0.2, 0.25) is 5.91 Å². The summed E-state index contributed by atoms with van der Waals surface area (Å²) < 4.78 is 0. The number of hydrogen-bond donors (Lipinski definition) is 1. The molecule has 1 aliphatic carbocycles. The van der Waals surface area contributed by atoms with Crippen LogP contribution in [0.25, 0.3) is 0 Å². The average molecular weight is 260 g/mol. The summed E-state index contributed by atoms with van der Waals surface area (Å²) in [7, 11) is 0. The second-order valence-electron chi connectivity index (χ2n) is 5.31. The maximum Gasteiger partial charge on any atom is 0.227 e. The summed E-state index contributed by atoms with van der Waals surface area (Å²) in [6.45, 7) is 2.22. The summed E-state index contributed by atoms with van der Waals surface area (Å²) in [5.74, 6) is -0.379. The van der Waals surface area contributed by atoms with E-state index in [0.29, 0.717) is 11.6 Å². The third-order valence-electron chi connectivity index (χ3n) is 3.77. The average Bonchev–Trinajstić information content (AvgIpc) is 2.40. The monoisotopic (exact) mass is 260 g/mol. The van der Waals surface area contributed by atoms with E-state index in [1.54, 1.807) is 12.1 Å². The molecule has 0 atom stereocenters. The first kappa shape index (κ1) is 13.6. The summed E-state index contributed by atoms with van der Waals surface area (Å²) in [4.78, 5) is 22.7. The highest BCUT2D eigenvalue weighted by Crippen LogP contribution is 2.29. The molecule has 0 aromatic heterocycles. The number of anilines is 1. The summed E-state index contributed by atoms with van der Waals surface area (Å²) in [6.07, 6.45) is 4.07. The molecule has 102 valence electrons. The van der Waals surface area contributed by atoms with Gasteiger partial charge in [0, 0.05) is 11.6 Å². The molecule has 0 heterocycles. The van der Waals surface area contributed by atoms with Crippen molar-refractivity contribution in [1.29, 1.82) is 0 Å². The molecule has 1 N–H and O–H groups in total. The van der Waals surface area contributed by atoms with Gasteiger partial charge in [0.15, 0.2) is 0 Å². The van der Waals surface area contributed by atoms with Gasteiger partial charge in [-0.2, -0.15) is 0 Å². The topological polar surface area (TPSA) is 69.2 Å². The van der Waals surface area contributed by atoms with Crippen molar-refractivity contribution in [2.24, 2.45) is 11.8 Å². The Morgan fingerprint density at radius 1 is 1.11 bits per heavy atom. The second kappa shape index (κ2) is 5.87. The molecule has 1 saturated carbocycles. The van der Waals surface area contributed by atoms with E-state index in [-0.39, 0.29) is 17.4 Å². The Morgan fingerprint density at radius 3 is 2.21 bits per heavy atom. The zero-order valence-corrected chi connectivity index (χ0v) is 11.0. The molecule has 19 heavy (non-hydrogen) atoms. The van der Waals surface area contributed by atoms with Crippen molar-refractivity contribution in [1.82, 2.24) is 0 Å². The number of hydrogen-bond acceptors (Lipinski definition) is 3. The number of rotatable bonds is 3. The van der Waals surface area contributed by atoms with Crippen LogP contribution in [0.1, 0.15) is 43.0 Å². The predicted octanol–water partition coefficient (Wildman–Crippen LogP) is 1.81. The van der Waals surface area contributed by atoms with Gasteiger partial charge in [-0.05, 0) is 49.3 Å². The van der Waals surface area contributed by atoms with Crippen molar-refractivity contribution >= 4 is 17.6 Å². The number of carbonyl (C=O) groups excluding carboxylic acids is 2. The molecule has 4 nitrogen and oxygen atoms in total. The normalized spacial score (nSPS) is 22.8. The lowest BCUT2D eigenvalue weighted by molar-refractivity contribution is -0.255. The largest absolute Gasteiger partial charge is 0.545 e. The van der Waals surface area contributed by atoms with Crippen molar-refractivity contribution in [2.45, 2.75) is 32.6 Å². The van der Waals surface area contributed by atoms with Gasteiger partial charge in [0.1, 0.15) is 0 Å². The molecule has 0 radical (unpaired) electrons. The molecule has 0 unspecified atom stereocenters. The summed E-state index contributed by atoms with van der Waals surface area (Å²) >= 11 is 0. The van der Waals surface area contributed by atoms with Crippen LogP contribution >= 0.6 is 0 Å². The lowest BCUT2D eigenvalue weighted by Crippen LogP contribution is -2.26. The minimum atomic E-state index is -1.21. The molecular formula is C15H18NO3-. The van der Waals surface area contributed by atoms with Gasteiger partial charge in [-0.3, -0.25) is 4.79 Å². The third kappa shape index (κ3) is 3.56. The highest BCUT2D eigenvalue weighted by molar-refractivity contribution is 5.93. The van der Waals surface area contributed by atoms with E-state index in [1.165, 1.54) is 12.1 Å². The van der Waals surface area contributed by atoms with Gasteiger partial charge in [-0.15, -0.1) is 0 Å². The lowest BCUT2D eigenvalue weighted by atomic mass is 9.82. The van der Waals surface area contributed by atoms with Crippen molar-refractivity contribution in [3.05, 3.63) is 29.8 Å². The molecule has 0 bridgehead atoms. The third-order valence-corrected chi connectivity index (χ3v) is 3.77. The van der Waals surface area contributed by atoms with E-state index >= 15 is 0 Å². The van der Waals surface area contributed by atoms with Crippen LogP contribution in [-0.2, 0) is 4.79 Å². The van der Waals surface area contributed by atoms with Crippen LogP contribution in [0, 0.1) is 11.8 Å². The van der Waals surface area contributed by atoms with Crippen LogP contribution in [0.3, 0.4) is 0 Å². The van der Waals surface area contributed by atoms with E-state index in [9.17, 15) is 14.7 Å². The van der Waals surface area contributed by atoms with Gasteiger partial charge in [-0.25, -0.2) is 0 Å². The van der Waals surface area contributed by atoms with Crippen LogP contribution in [0.4, 0.5) is 5.69 Å². The smallest absolute Gasteiger partial charge is 0.227 e. The first-order valence-electron chi connectivity index (χ1n) is 6.68. The summed E-state index contributed by atoms with van der Waals surface area (Å²) in [5.41, 5.74) is 0.748. The van der Waals surface area contributed by atoms with Crippen molar-refractivity contribution in [3.8, 4) is 0 Å². The molecule has 1 aliphatic rings. The first-order chi connectivity index (χ1) is 9.06. The molecule has 4 heteroatoms. The molecule has 0 spiro atoms. The highest BCUT2D eigenvalue weighted by atomic mass is 16.4. The highest BCUT2D eigenvalue weighted by Gasteiger charge is 2.24. The Kier molecular flexibility index (Phi) is 4.20. The number of benzene rings is 1. The molecular weight excluding hydrogens is 242 g/mol. The Hall–Kier alpha value is -1.84. The van der Waals surface area contributed by atoms with Gasteiger partial charge in [-0.1, -0.05) is 19.1 Å². The quantitative estimate of drug-likeness (QED) is 0.901. The Morgan fingerprint density at radius 2 is 1.68 bits per heavy atom. The predicted molar refractivity (Wildman–Crippen MR) is 70.5 cm³/mol. The number of amides is 1. The number of aromatic carboxylic acids is 1. The minimum absolute atomic E-state index is 0.0353. The Balaban J connectivity index is 1.93. The van der Waals surface area contributed by atoms with Crippen LogP contribution in [0.15, 0.2) is 24.3 Å². The van der Waals surface area contributed by atoms with Crippen LogP contribution in [0.2, 0.25) is 0 Å². The van der Waals surface area contributed by atoms with Gasteiger partial charge in [0.25, 0.3) is 0 Å². The molecule has 1 fully saturated rings. The summed E-state index contributed by atoms with van der Waals surface area (Å²) in [6, 6.07) is 6.06. The summed E-state index contributed by atoms with van der Waals surface area (Å²) in [5, 5.41) is 13.5. The maximum absolute atomic E-state index is 12.1. The van der Waals surface area contributed by atoms with E-state index < -0.39 is 5.97 Å². The van der Waals surface area contributed by atoms with E-state index in [0.717, 1.165) is 25.7 Å². The van der Waals surface area contributed by atoms with Crippen LogP contribution in [-0.4, -0.2) is 11.9 Å². The Labute approximate surface area is 112 Å². The molecule has 0 saturated heterocycles. The first-order valence-corrected chi connectivity index (χ1v) is 6.68. The molecule has 1 amide bonds. The zero-order valence-electron chi connectivity index (χ0n) is 11.0. The van der Waals surface area contributed by atoms with Gasteiger partial charge in [0.05, 0.1) is 5.97 Å². The molecule has 0 aliphatic heterocycles. The van der Waals surface area contributed by atoms with E-state index in [1.807, 2.05) is 0 Å². The molecule has 1 aromatic carbocycles. The number of carboxylic acid groups (broad SMARTS) is 1. The fourth-order valence-electron chi connectivity index (χ4n) is 2.46. The fraction of sp³-hybridized carbons (Fsp3) is 0.467. The zero-order chi connectivity index (χ0) is 13.8. The molecule has 1 aromatic rings. The van der Waals surface area contributed by atoms with Crippen molar-refractivity contribution in [2.75, 3.05) is 5.32 Å². The van der Waals surface area contributed by atoms with Crippen LogP contribution in [0.5, 0.6) is 0 Å². The standard InChI is InChI=1S/C15H19NO3/c1-10-2-4-11(5-3-10)14(17)16-13-8-6-12(7-9-13)15(18)19/h6-11H,2-5H2,1H3,(H,16,17)(H,18,19)/p-1. The fourth-order valence-corrected chi connectivity index (χ4v) is 2.46. The van der Waals surface area contributed by atoms with Crippen molar-refractivity contribution < 1.29 is 14.7 Å². The second-order valence-corrected chi connectivity index (χ2v) is 5.31. The van der Waals surface area contributed by atoms with Gasteiger partial charge < -0.3 is 15.2 Å². The van der Waals surface area contributed by atoms with Gasteiger partial charge >= 0.3 is 0 Å². The van der Waals surface area contributed by atoms with Crippen molar-refractivity contribution in [3.63, 3.8) is 0 Å². The van der Waals surface area contributed by atoms with E-state index in [4.69, 9.17) is 0 Å². The number of carboxylic acids is 1. The van der Waals surface area contributed by atoms with Crippen LogP contribution < -0.4 is 10.4 Å². The molecule has 2 rings (SSSR count). The minimum Gasteiger partial charge on any atom is -0.545 e. The SMILES string of the molecule is CC1CCC(C(=O)Nc2ccc(C(=O)[O-])cc2)CC1. The number of carbonyl (C=O) groups is 2.